The van der Waals surface area contributed by atoms with E-state index >= 15 is 0 Å². The number of Topliss-reactive ketones (excluding diaryl/α,β-unsaturated/α-hetero) is 1. The van der Waals surface area contributed by atoms with Crippen molar-refractivity contribution >= 4 is 22.8 Å². The van der Waals surface area contributed by atoms with E-state index in [2.05, 4.69) is 4.98 Å². The van der Waals surface area contributed by atoms with Gasteiger partial charge in [0.2, 0.25) is 5.89 Å². The number of piperazine rings is 1. The molecule has 0 bridgehead atoms. The average Bonchev–Trinajstić information content (AvgIpc) is 3.39. The van der Waals surface area contributed by atoms with Crippen molar-refractivity contribution < 1.29 is 23.5 Å². The minimum absolute atomic E-state index is 0.00761. The van der Waals surface area contributed by atoms with E-state index in [0.717, 1.165) is 0 Å². The van der Waals surface area contributed by atoms with Crippen LogP contribution in [0.15, 0.2) is 46.9 Å². The zero-order valence-electron chi connectivity index (χ0n) is 16.9. The van der Waals surface area contributed by atoms with Gasteiger partial charge in [-0.1, -0.05) is 12.1 Å². The standard InChI is InChI=1S/C23H22FN3O4/c24-17-5-6-18-20(13-17)31-21(25-18)16-3-1-15(2-4-16)19(28)14-26-9-11-27(12-10-26)22(29)23(30)7-8-23/h1-6,13,30H,7-12,14H2. The molecule has 1 aromatic heterocycles. The molecule has 1 amide bonds. The molecule has 2 aliphatic rings. The predicted octanol–water partition coefficient (Wildman–Crippen LogP) is 2.49. The fourth-order valence-corrected chi connectivity index (χ4v) is 3.85. The van der Waals surface area contributed by atoms with Gasteiger partial charge in [0, 0.05) is 43.4 Å². The van der Waals surface area contributed by atoms with Gasteiger partial charge in [0.05, 0.1) is 6.54 Å². The number of aromatic nitrogens is 1. The smallest absolute Gasteiger partial charge is 0.254 e. The Hall–Kier alpha value is -3.10. The Morgan fingerprint density at radius 1 is 1.06 bits per heavy atom. The van der Waals surface area contributed by atoms with Crippen LogP contribution in [0.4, 0.5) is 4.39 Å². The van der Waals surface area contributed by atoms with Crippen LogP contribution in [0, 0.1) is 5.82 Å². The average molecular weight is 423 g/mol. The van der Waals surface area contributed by atoms with Gasteiger partial charge in [-0.15, -0.1) is 0 Å². The number of rotatable bonds is 5. The summed E-state index contributed by atoms with van der Waals surface area (Å²) in [6, 6.07) is 11.2. The molecule has 1 saturated carbocycles. The van der Waals surface area contributed by atoms with Gasteiger partial charge < -0.3 is 14.4 Å². The predicted molar refractivity (Wildman–Crippen MR) is 111 cm³/mol. The molecule has 0 atom stereocenters. The molecule has 3 aromatic rings. The molecule has 0 spiro atoms. The van der Waals surface area contributed by atoms with E-state index in [1.807, 2.05) is 4.90 Å². The first-order valence-corrected chi connectivity index (χ1v) is 10.4. The quantitative estimate of drug-likeness (QED) is 0.635. The van der Waals surface area contributed by atoms with Gasteiger partial charge in [0.1, 0.15) is 16.9 Å². The molecule has 2 aromatic carbocycles. The maximum absolute atomic E-state index is 13.3. The van der Waals surface area contributed by atoms with Crippen LogP contribution in [0.1, 0.15) is 23.2 Å². The first-order chi connectivity index (χ1) is 14.9. The summed E-state index contributed by atoms with van der Waals surface area (Å²) in [6.07, 6.45) is 1.09. The summed E-state index contributed by atoms with van der Waals surface area (Å²) in [5.41, 5.74) is 1.10. The lowest BCUT2D eigenvalue weighted by Gasteiger charge is -2.35. The summed E-state index contributed by atoms with van der Waals surface area (Å²) in [6.45, 7) is 2.52. The number of carbonyl (C=O) groups excluding carboxylic acids is 2. The second-order valence-corrected chi connectivity index (χ2v) is 8.23. The largest absolute Gasteiger partial charge is 0.436 e. The van der Waals surface area contributed by atoms with E-state index in [9.17, 15) is 19.1 Å². The highest BCUT2D eigenvalue weighted by molar-refractivity contribution is 5.98. The van der Waals surface area contributed by atoms with E-state index in [-0.39, 0.29) is 24.1 Å². The molecule has 1 saturated heterocycles. The van der Waals surface area contributed by atoms with Crippen molar-refractivity contribution in [2.75, 3.05) is 32.7 Å². The van der Waals surface area contributed by atoms with Crippen molar-refractivity contribution in [1.82, 2.24) is 14.8 Å². The van der Waals surface area contributed by atoms with Crippen LogP contribution in [0.5, 0.6) is 0 Å². The monoisotopic (exact) mass is 423 g/mol. The number of nitrogens with zero attached hydrogens (tertiary/aromatic N) is 3. The highest BCUT2D eigenvalue weighted by atomic mass is 19.1. The molecular weight excluding hydrogens is 401 g/mol. The Morgan fingerprint density at radius 3 is 2.45 bits per heavy atom. The lowest BCUT2D eigenvalue weighted by atomic mass is 10.1. The number of carbonyl (C=O) groups is 2. The lowest BCUT2D eigenvalue weighted by Crippen LogP contribution is -2.52. The fourth-order valence-electron chi connectivity index (χ4n) is 3.85. The molecule has 1 N–H and O–H groups in total. The van der Waals surface area contributed by atoms with Crippen LogP contribution < -0.4 is 0 Å². The third-order valence-electron chi connectivity index (χ3n) is 5.95. The molecular formula is C23H22FN3O4. The number of fused-ring (bicyclic) bond motifs is 1. The Morgan fingerprint density at radius 2 is 1.77 bits per heavy atom. The normalized spacial score (nSPS) is 18.3. The summed E-state index contributed by atoms with van der Waals surface area (Å²) >= 11 is 0. The minimum atomic E-state index is -1.14. The highest BCUT2D eigenvalue weighted by Gasteiger charge is 2.50. The van der Waals surface area contributed by atoms with Crippen LogP contribution in [-0.4, -0.2) is 69.9 Å². The van der Waals surface area contributed by atoms with Crippen molar-refractivity contribution in [2.24, 2.45) is 0 Å². The molecule has 0 unspecified atom stereocenters. The van der Waals surface area contributed by atoms with Gasteiger partial charge >= 0.3 is 0 Å². The van der Waals surface area contributed by atoms with Crippen LogP contribution in [0.3, 0.4) is 0 Å². The van der Waals surface area contributed by atoms with Crippen molar-refractivity contribution in [3.05, 3.63) is 53.8 Å². The zero-order chi connectivity index (χ0) is 21.6. The molecule has 0 radical (unpaired) electrons. The van der Waals surface area contributed by atoms with Gasteiger partial charge in [-0.3, -0.25) is 14.5 Å². The van der Waals surface area contributed by atoms with Gasteiger partial charge in [-0.2, -0.15) is 0 Å². The van der Waals surface area contributed by atoms with E-state index < -0.39 is 5.60 Å². The third-order valence-corrected chi connectivity index (χ3v) is 5.95. The molecule has 5 rings (SSSR count). The second-order valence-electron chi connectivity index (χ2n) is 8.23. The van der Waals surface area contributed by atoms with Crippen molar-refractivity contribution in [3.63, 3.8) is 0 Å². The summed E-state index contributed by atoms with van der Waals surface area (Å²) in [5.74, 6) is -0.203. The highest BCUT2D eigenvalue weighted by Crippen LogP contribution is 2.37. The molecule has 7 nitrogen and oxygen atoms in total. The van der Waals surface area contributed by atoms with Gasteiger partial charge in [-0.05, 0) is 37.1 Å². The number of benzene rings is 2. The number of hydrogen-bond acceptors (Lipinski definition) is 6. The van der Waals surface area contributed by atoms with Crippen molar-refractivity contribution in [2.45, 2.75) is 18.4 Å². The molecule has 160 valence electrons. The summed E-state index contributed by atoms with van der Waals surface area (Å²) in [7, 11) is 0. The Labute approximate surface area is 178 Å². The maximum atomic E-state index is 13.3. The van der Waals surface area contributed by atoms with Gasteiger partial charge in [-0.25, -0.2) is 9.37 Å². The van der Waals surface area contributed by atoms with E-state index in [1.54, 1.807) is 35.2 Å². The van der Waals surface area contributed by atoms with Gasteiger partial charge in [0.25, 0.3) is 5.91 Å². The summed E-state index contributed by atoms with van der Waals surface area (Å²) in [5, 5.41) is 9.98. The summed E-state index contributed by atoms with van der Waals surface area (Å²) < 4.78 is 19.0. The Kier molecular flexibility index (Phi) is 4.83. The van der Waals surface area contributed by atoms with Crippen LogP contribution in [0.2, 0.25) is 0 Å². The van der Waals surface area contributed by atoms with Gasteiger partial charge in [0.15, 0.2) is 11.4 Å². The SMILES string of the molecule is O=C(CN1CCN(C(=O)C2(O)CC2)CC1)c1ccc(-c2nc3ccc(F)cc3o2)cc1. The number of oxazole rings is 1. The van der Waals surface area contributed by atoms with Crippen molar-refractivity contribution in [3.8, 4) is 11.5 Å². The number of aliphatic hydroxyl groups is 1. The zero-order valence-corrected chi connectivity index (χ0v) is 16.9. The Balaban J connectivity index is 1.20. The topological polar surface area (TPSA) is 86.9 Å². The second kappa shape index (κ2) is 7.55. The first kappa shape index (κ1) is 19.8. The number of halogens is 1. The van der Waals surface area contributed by atoms with Crippen LogP contribution >= 0.6 is 0 Å². The number of amides is 1. The van der Waals surface area contributed by atoms with Crippen LogP contribution in [0.25, 0.3) is 22.6 Å². The molecule has 1 aliphatic carbocycles. The first-order valence-electron chi connectivity index (χ1n) is 10.4. The van der Waals surface area contributed by atoms with Crippen molar-refractivity contribution in [1.29, 1.82) is 0 Å². The Bertz CT molecular complexity index is 1150. The van der Waals surface area contributed by atoms with Crippen LogP contribution in [-0.2, 0) is 4.79 Å². The fraction of sp³-hybridized carbons (Fsp3) is 0.348. The molecule has 1 aliphatic heterocycles. The number of hydrogen-bond donors (Lipinski definition) is 1. The lowest BCUT2D eigenvalue weighted by molar-refractivity contribution is -0.144. The van der Waals surface area contributed by atoms with E-state index in [1.165, 1.54) is 12.1 Å². The number of ketones is 1. The maximum Gasteiger partial charge on any atom is 0.254 e. The molecule has 2 heterocycles. The third kappa shape index (κ3) is 3.96. The molecule has 8 heteroatoms. The van der Waals surface area contributed by atoms with E-state index in [4.69, 9.17) is 4.42 Å². The molecule has 2 fully saturated rings. The summed E-state index contributed by atoms with van der Waals surface area (Å²) in [4.78, 5) is 33.0. The minimum Gasteiger partial charge on any atom is -0.436 e. The molecule has 31 heavy (non-hydrogen) atoms. The van der Waals surface area contributed by atoms with E-state index in [0.29, 0.717) is 67.1 Å².